The number of nitrogens with zero attached hydrogens (tertiary/aromatic N) is 1. The Labute approximate surface area is 161 Å². The number of carbonyl (C=O) groups is 2. The van der Waals surface area contributed by atoms with Crippen molar-refractivity contribution >= 4 is 29.1 Å². The second-order valence-electron chi connectivity index (χ2n) is 6.03. The van der Waals surface area contributed by atoms with Crippen LogP contribution in [0.1, 0.15) is 17.7 Å². The van der Waals surface area contributed by atoms with Gasteiger partial charge in [0.15, 0.2) is 5.76 Å². The zero-order valence-electron chi connectivity index (χ0n) is 14.7. The summed E-state index contributed by atoms with van der Waals surface area (Å²) in [6, 6.07) is 16.3. The van der Waals surface area contributed by atoms with Crippen LogP contribution in [0.3, 0.4) is 0 Å². The number of carbonyl (C=O) groups excluding carboxylic acids is 2. The van der Waals surface area contributed by atoms with E-state index in [4.69, 9.17) is 16.1 Å². The number of rotatable bonds is 6. The Morgan fingerprint density at radius 2 is 1.89 bits per heavy atom. The molecule has 6 nitrogen and oxygen atoms in total. The molecule has 2 N–H and O–H groups in total. The molecule has 0 atom stereocenters. The van der Waals surface area contributed by atoms with Crippen LogP contribution in [-0.2, 0) is 16.1 Å². The molecule has 0 radical (unpaired) electrons. The van der Waals surface area contributed by atoms with Gasteiger partial charge >= 0.3 is 0 Å². The van der Waals surface area contributed by atoms with Crippen molar-refractivity contribution < 1.29 is 14.1 Å². The van der Waals surface area contributed by atoms with E-state index in [2.05, 4.69) is 15.8 Å². The summed E-state index contributed by atoms with van der Waals surface area (Å²) < 4.78 is 5.27. The molecule has 2 amide bonds. The van der Waals surface area contributed by atoms with Crippen molar-refractivity contribution in [3.8, 4) is 11.3 Å². The van der Waals surface area contributed by atoms with Crippen LogP contribution in [0.5, 0.6) is 0 Å². The zero-order chi connectivity index (χ0) is 19.2. The standard InChI is InChI=1S/C20H18ClN3O3/c1-13-5-4-6-14(9-13)23-20(26)11-19(25)22-12-15-10-18(27-24-15)16-7-2-3-8-17(16)21/h2-10H,11-12H2,1H3,(H,22,25)(H,23,26). The maximum Gasteiger partial charge on any atom is 0.233 e. The Morgan fingerprint density at radius 3 is 2.67 bits per heavy atom. The molecular formula is C20H18ClN3O3. The van der Waals surface area contributed by atoms with E-state index in [0.717, 1.165) is 11.1 Å². The van der Waals surface area contributed by atoms with Crippen molar-refractivity contribution in [2.75, 3.05) is 5.32 Å². The number of amides is 2. The van der Waals surface area contributed by atoms with Gasteiger partial charge in [0.25, 0.3) is 0 Å². The maximum atomic E-state index is 12.0. The summed E-state index contributed by atoms with van der Waals surface area (Å²) in [7, 11) is 0. The minimum Gasteiger partial charge on any atom is -0.356 e. The van der Waals surface area contributed by atoms with Gasteiger partial charge in [-0.15, -0.1) is 0 Å². The van der Waals surface area contributed by atoms with E-state index in [9.17, 15) is 9.59 Å². The lowest BCUT2D eigenvalue weighted by Gasteiger charge is -2.06. The highest BCUT2D eigenvalue weighted by Crippen LogP contribution is 2.27. The third-order valence-corrected chi connectivity index (χ3v) is 4.12. The average molecular weight is 384 g/mol. The van der Waals surface area contributed by atoms with Crippen LogP contribution < -0.4 is 10.6 Å². The van der Waals surface area contributed by atoms with E-state index in [-0.39, 0.29) is 18.9 Å². The first-order valence-corrected chi connectivity index (χ1v) is 8.73. The summed E-state index contributed by atoms with van der Waals surface area (Å²) in [5.41, 5.74) is 2.95. The van der Waals surface area contributed by atoms with Crippen LogP contribution >= 0.6 is 11.6 Å². The number of aryl methyl sites for hydroxylation is 1. The fraction of sp³-hybridized carbons (Fsp3) is 0.150. The third kappa shape index (κ3) is 5.18. The topological polar surface area (TPSA) is 84.2 Å². The Bertz CT molecular complexity index is 968. The second kappa shape index (κ2) is 8.51. The Hall–Kier alpha value is -3.12. The SMILES string of the molecule is Cc1cccc(NC(=O)CC(=O)NCc2cc(-c3ccccc3Cl)on2)c1. The summed E-state index contributed by atoms with van der Waals surface area (Å²) in [5.74, 6) is -0.264. The van der Waals surface area contributed by atoms with Crippen molar-refractivity contribution in [2.45, 2.75) is 19.9 Å². The molecule has 0 bridgehead atoms. The number of anilines is 1. The first-order chi connectivity index (χ1) is 13.0. The highest BCUT2D eigenvalue weighted by Gasteiger charge is 2.13. The summed E-state index contributed by atoms with van der Waals surface area (Å²) in [6.45, 7) is 2.08. The second-order valence-corrected chi connectivity index (χ2v) is 6.44. The van der Waals surface area contributed by atoms with Crippen molar-refractivity contribution in [1.29, 1.82) is 0 Å². The van der Waals surface area contributed by atoms with Crippen LogP contribution in [0.4, 0.5) is 5.69 Å². The van der Waals surface area contributed by atoms with Crippen LogP contribution in [0.25, 0.3) is 11.3 Å². The fourth-order valence-corrected chi connectivity index (χ4v) is 2.74. The molecule has 1 aromatic heterocycles. The van der Waals surface area contributed by atoms with Gasteiger partial charge in [-0.1, -0.05) is 41.0 Å². The van der Waals surface area contributed by atoms with Crippen LogP contribution in [0.2, 0.25) is 5.02 Å². The number of halogens is 1. The molecule has 0 fully saturated rings. The molecule has 1 heterocycles. The van der Waals surface area contributed by atoms with E-state index in [1.54, 1.807) is 18.2 Å². The molecular weight excluding hydrogens is 366 g/mol. The van der Waals surface area contributed by atoms with E-state index < -0.39 is 5.91 Å². The molecule has 3 aromatic rings. The van der Waals surface area contributed by atoms with Gasteiger partial charge < -0.3 is 15.2 Å². The number of benzene rings is 2. The van der Waals surface area contributed by atoms with Crippen LogP contribution in [-0.4, -0.2) is 17.0 Å². The van der Waals surface area contributed by atoms with E-state index >= 15 is 0 Å². The van der Waals surface area contributed by atoms with Gasteiger partial charge in [0.1, 0.15) is 12.1 Å². The van der Waals surface area contributed by atoms with Crippen molar-refractivity contribution in [1.82, 2.24) is 10.5 Å². The Morgan fingerprint density at radius 1 is 1.07 bits per heavy atom. The van der Waals surface area contributed by atoms with Crippen molar-refractivity contribution in [3.63, 3.8) is 0 Å². The first kappa shape index (κ1) is 18.7. The highest BCUT2D eigenvalue weighted by molar-refractivity contribution is 6.33. The lowest BCUT2D eigenvalue weighted by atomic mass is 10.1. The Kier molecular flexibility index (Phi) is 5.88. The maximum absolute atomic E-state index is 12.0. The average Bonchev–Trinajstić information content (AvgIpc) is 3.09. The molecule has 0 spiro atoms. The van der Waals surface area contributed by atoms with Gasteiger partial charge in [-0.2, -0.15) is 0 Å². The van der Waals surface area contributed by atoms with Gasteiger partial charge in [0.05, 0.1) is 11.6 Å². The van der Waals surface area contributed by atoms with Crippen LogP contribution in [0.15, 0.2) is 59.1 Å². The number of hydrogen-bond acceptors (Lipinski definition) is 4. The normalized spacial score (nSPS) is 10.4. The molecule has 0 saturated heterocycles. The Balaban J connectivity index is 1.51. The summed E-state index contributed by atoms with van der Waals surface area (Å²) >= 11 is 6.13. The molecule has 138 valence electrons. The van der Waals surface area contributed by atoms with E-state index in [1.807, 2.05) is 43.3 Å². The van der Waals surface area contributed by atoms with Gasteiger partial charge in [-0.3, -0.25) is 9.59 Å². The van der Waals surface area contributed by atoms with E-state index in [0.29, 0.717) is 22.2 Å². The predicted molar refractivity (Wildman–Crippen MR) is 103 cm³/mol. The van der Waals surface area contributed by atoms with Crippen molar-refractivity contribution in [3.05, 3.63) is 70.9 Å². The van der Waals surface area contributed by atoms with Gasteiger partial charge in [-0.05, 0) is 36.8 Å². The van der Waals surface area contributed by atoms with E-state index in [1.165, 1.54) is 0 Å². The number of hydrogen-bond donors (Lipinski definition) is 2. The molecule has 0 aliphatic heterocycles. The third-order valence-electron chi connectivity index (χ3n) is 3.79. The summed E-state index contributed by atoms with van der Waals surface area (Å²) in [6.07, 6.45) is -0.275. The molecule has 7 heteroatoms. The first-order valence-electron chi connectivity index (χ1n) is 8.35. The summed E-state index contributed by atoms with van der Waals surface area (Å²) in [4.78, 5) is 23.9. The number of aromatic nitrogens is 1. The highest BCUT2D eigenvalue weighted by atomic mass is 35.5. The molecule has 2 aromatic carbocycles. The lowest BCUT2D eigenvalue weighted by molar-refractivity contribution is -0.126. The lowest BCUT2D eigenvalue weighted by Crippen LogP contribution is -2.27. The quantitative estimate of drug-likeness (QED) is 0.631. The van der Waals surface area contributed by atoms with Gasteiger partial charge in [0.2, 0.25) is 11.8 Å². The molecule has 27 heavy (non-hydrogen) atoms. The van der Waals surface area contributed by atoms with Crippen LogP contribution in [0, 0.1) is 6.92 Å². The summed E-state index contributed by atoms with van der Waals surface area (Å²) in [5, 5.41) is 9.81. The fourth-order valence-electron chi connectivity index (χ4n) is 2.51. The van der Waals surface area contributed by atoms with Gasteiger partial charge in [-0.25, -0.2) is 0 Å². The predicted octanol–water partition coefficient (Wildman–Crippen LogP) is 3.95. The minimum absolute atomic E-state index is 0.157. The van der Waals surface area contributed by atoms with Gasteiger partial charge in [0, 0.05) is 17.3 Å². The molecule has 0 aliphatic rings. The largest absolute Gasteiger partial charge is 0.356 e. The smallest absolute Gasteiger partial charge is 0.233 e. The zero-order valence-corrected chi connectivity index (χ0v) is 15.4. The monoisotopic (exact) mass is 383 g/mol. The molecule has 0 unspecified atom stereocenters. The van der Waals surface area contributed by atoms with Crippen molar-refractivity contribution in [2.24, 2.45) is 0 Å². The minimum atomic E-state index is -0.401. The molecule has 3 rings (SSSR count). The molecule has 0 aliphatic carbocycles. The molecule has 0 saturated carbocycles. The number of nitrogens with one attached hydrogen (secondary N) is 2.